The Morgan fingerprint density at radius 2 is 2.03 bits per heavy atom. The average Bonchev–Trinajstić information content (AvgIpc) is 3.27. The minimum atomic E-state index is -0.731. The summed E-state index contributed by atoms with van der Waals surface area (Å²) in [5.74, 6) is 3.41. The van der Waals surface area contributed by atoms with Crippen molar-refractivity contribution >= 4 is 18.0 Å². The molecule has 0 aliphatic rings. The highest BCUT2D eigenvalue weighted by molar-refractivity contribution is 5.93. The molecule has 0 saturated heterocycles. The van der Waals surface area contributed by atoms with Gasteiger partial charge in [0, 0.05) is 45.1 Å². The molecule has 3 rings (SSSR count). The Hall–Kier alpha value is -3.92. The van der Waals surface area contributed by atoms with Crippen molar-refractivity contribution in [3.8, 4) is 12.3 Å². The van der Waals surface area contributed by atoms with E-state index < -0.39 is 11.9 Å². The normalized spacial score (nSPS) is 12.4. The molecular formula is C25H26N4O3. The first-order chi connectivity index (χ1) is 15.5. The van der Waals surface area contributed by atoms with E-state index in [2.05, 4.69) is 21.4 Å². The molecule has 3 aromatic rings. The second-order valence-electron chi connectivity index (χ2n) is 7.71. The van der Waals surface area contributed by atoms with Crippen molar-refractivity contribution < 1.29 is 14.1 Å². The smallest absolute Gasteiger partial charge is 0.274 e. The van der Waals surface area contributed by atoms with Crippen LogP contribution in [0.2, 0.25) is 0 Å². The summed E-state index contributed by atoms with van der Waals surface area (Å²) in [6, 6.07) is 14.4. The molecule has 0 bridgehead atoms. The Morgan fingerprint density at radius 1 is 1.25 bits per heavy atom. The Bertz CT molecular complexity index is 1090. The summed E-state index contributed by atoms with van der Waals surface area (Å²) in [6.45, 7) is 0. The quantitative estimate of drug-likeness (QED) is 0.392. The van der Waals surface area contributed by atoms with Crippen LogP contribution in [0.15, 0.2) is 59.3 Å². The first-order valence-electron chi connectivity index (χ1n) is 10.3. The van der Waals surface area contributed by atoms with E-state index in [0.29, 0.717) is 25.0 Å². The van der Waals surface area contributed by atoms with Crippen LogP contribution in [0, 0.1) is 12.3 Å². The van der Waals surface area contributed by atoms with Crippen LogP contribution in [0.25, 0.3) is 0 Å². The molecule has 0 saturated carbocycles. The van der Waals surface area contributed by atoms with Gasteiger partial charge in [-0.1, -0.05) is 41.6 Å². The lowest BCUT2D eigenvalue weighted by Crippen LogP contribution is -2.37. The number of pyridine rings is 1. The number of hydrogen-bond donors (Lipinski definition) is 1. The zero-order chi connectivity index (χ0) is 22.9. The van der Waals surface area contributed by atoms with E-state index in [4.69, 9.17) is 10.9 Å². The molecule has 0 spiro atoms. The predicted molar refractivity (Wildman–Crippen MR) is 122 cm³/mol. The first-order valence-corrected chi connectivity index (χ1v) is 10.3. The van der Waals surface area contributed by atoms with E-state index in [-0.39, 0.29) is 11.6 Å². The molecular weight excluding hydrogens is 404 g/mol. The summed E-state index contributed by atoms with van der Waals surface area (Å²) in [7, 11) is 3.80. The van der Waals surface area contributed by atoms with Gasteiger partial charge in [-0.05, 0) is 23.6 Å². The molecule has 2 aromatic heterocycles. The number of rotatable bonds is 10. The second kappa shape index (κ2) is 10.9. The largest absolute Gasteiger partial charge is 0.363 e. The highest BCUT2D eigenvalue weighted by Gasteiger charge is 2.24. The lowest BCUT2D eigenvalue weighted by molar-refractivity contribution is -0.109. The molecule has 0 aliphatic carbocycles. The topological polar surface area (TPSA) is 88.3 Å². The molecule has 0 radical (unpaired) electrons. The molecule has 164 valence electrons. The minimum absolute atomic E-state index is 0.131. The van der Waals surface area contributed by atoms with E-state index >= 15 is 0 Å². The van der Waals surface area contributed by atoms with Gasteiger partial charge in [0.2, 0.25) is 0 Å². The van der Waals surface area contributed by atoms with E-state index in [0.717, 1.165) is 23.2 Å². The van der Waals surface area contributed by atoms with E-state index in [1.807, 2.05) is 61.5 Å². The maximum atomic E-state index is 12.7. The number of nitrogens with one attached hydrogen (secondary N) is 1. The van der Waals surface area contributed by atoms with Crippen LogP contribution in [-0.2, 0) is 11.2 Å². The highest BCUT2D eigenvalue weighted by atomic mass is 16.5. The van der Waals surface area contributed by atoms with Gasteiger partial charge >= 0.3 is 0 Å². The lowest BCUT2D eigenvalue weighted by atomic mass is 9.89. The first kappa shape index (κ1) is 22.8. The van der Waals surface area contributed by atoms with Crippen molar-refractivity contribution in [3.63, 3.8) is 0 Å². The number of aldehydes is 1. The fourth-order valence-corrected chi connectivity index (χ4v) is 3.56. The third kappa shape index (κ3) is 5.82. The molecule has 32 heavy (non-hydrogen) atoms. The second-order valence-corrected chi connectivity index (χ2v) is 7.71. The monoisotopic (exact) mass is 430 g/mol. The van der Waals surface area contributed by atoms with Crippen LogP contribution < -0.4 is 10.2 Å². The standard InChI is InChI=1S/C25H26N4O3/c1-4-9-19(22-12-8-13-26-24(22)29(2)3)15-20(17-30)27-25(31)23-16-21(32-28-23)14-18-10-6-5-7-11-18/h1,5-8,10-13,16-17,19-20H,9,14-15H2,2-3H3,(H,27,31)/t19-,20+/m0/s1. The van der Waals surface area contributed by atoms with Crippen molar-refractivity contribution in [3.05, 3.63) is 77.3 Å². The van der Waals surface area contributed by atoms with Gasteiger partial charge in [0.05, 0.1) is 6.04 Å². The number of terminal acetylenes is 1. The minimum Gasteiger partial charge on any atom is -0.363 e. The molecule has 1 N–H and O–H groups in total. The number of nitrogens with zero attached hydrogens (tertiary/aromatic N) is 3. The van der Waals surface area contributed by atoms with Gasteiger partial charge in [-0.25, -0.2) is 4.98 Å². The molecule has 2 heterocycles. The van der Waals surface area contributed by atoms with Gasteiger partial charge in [0.1, 0.15) is 17.9 Å². The van der Waals surface area contributed by atoms with Crippen LogP contribution in [0.5, 0.6) is 0 Å². The van der Waals surface area contributed by atoms with Crippen molar-refractivity contribution in [2.24, 2.45) is 0 Å². The molecule has 1 amide bonds. The third-order valence-electron chi connectivity index (χ3n) is 5.08. The summed E-state index contributed by atoms with van der Waals surface area (Å²) in [6.07, 6.45) is 9.30. The van der Waals surface area contributed by atoms with Crippen LogP contribution in [0.1, 0.15) is 46.1 Å². The predicted octanol–water partition coefficient (Wildman–Crippen LogP) is 3.22. The number of carbonyl (C=O) groups is 2. The molecule has 2 atom stereocenters. The van der Waals surface area contributed by atoms with E-state index in [1.54, 1.807) is 12.3 Å². The molecule has 0 fully saturated rings. The lowest BCUT2D eigenvalue weighted by Gasteiger charge is -2.24. The number of aromatic nitrogens is 2. The Balaban J connectivity index is 1.69. The van der Waals surface area contributed by atoms with Crippen LogP contribution in [0.4, 0.5) is 5.82 Å². The van der Waals surface area contributed by atoms with Crippen LogP contribution in [-0.4, -0.2) is 42.5 Å². The van der Waals surface area contributed by atoms with Crippen molar-refractivity contribution in [2.75, 3.05) is 19.0 Å². The number of benzene rings is 1. The Kier molecular flexibility index (Phi) is 7.76. The summed E-state index contributed by atoms with van der Waals surface area (Å²) < 4.78 is 5.30. The summed E-state index contributed by atoms with van der Waals surface area (Å²) in [4.78, 5) is 30.8. The van der Waals surface area contributed by atoms with Gasteiger partial charge in [0.25, 0.3) is 5.91 Å². The molecule has 7 heteroatoms. The maximum Gasteiger partial charge on any atom is 0.274 e. The highest BCUT2D eigenvalue weighted by Crippen LogP contribution is 2.30. The van der Waals surface area contributed by atoms with Crippen molar-refractivity contribution in [1.29, 1.82) is 0 Å². The van der Waals surface area contributed by atoms with Crippen molar-refractivity contribution in [1.82, 2.24) is 15.5 Å². The fourth-order valence-electron chi connectivity index (χ4n) is 3.56. The van der Waals surface area contributed by atoms with Gasteiger partial charge in [-0.2, -0.15) is 0 Å². The molecule has 0 aliphatic heterocycles. The molecule has 1 aromatic carbocycles. The number of amides is 1. The number of hydrogen-bond acceptors (Lipinski definition) is 6. The van der Waals surface area contributed by atoms with E-state index in [1.165, 1.54) is 0 Å². The summed E-state index contributed by atoms with van der Waals surface area (Å²) >= 11 is 0. The maximum absolute atomic E-state index is 12.7. The SMILES string of the molecule is C#CC[C@@H](C[C@H](C=O)NC(=O)c1cc(Cc2ccccc2)on1)c1cccnc1N(C)C. The number of anilines is 1. The van der Waals surface area contributed by atoms with Gasteiger partial charge < -0.3 is 19.5 Å². The zero-order valence-corrected chi connectivity index (χ0v) is 18.2. The van der Waals surface area contributed by atoms with Gasteiger partial charge in [-0.3, -0.25) is 4.79 Å². The van der Waals surface area contributed by atoms with Crippen molar-refractivity contribution in [2.45, 2.75) is 31.2 Å². The van der Waals surface area contributed by atoms with E-state index in [9.17, 15) is 9.59 Å². The van der Waals surface area contributed by atoms with Gasteiger partial charge in [0.15, 0.2) is 5.69 Å². The summed E-state index contributed by atoms with van der Waals surface area (Å²) in [5, 5.41) is 6.59. The molecule has 0 unspecified atom stereocenters. The summed E-state index contributed by atoms with van der Waals surface area (Å²) in [5.41, 5.74) is 2.11. The Morgan fingerprint density at radius 3 is 2.72 bits per heavy atom. The number of carbonyl (C=O) groups excluding carboxylic acids is 2. The third-order valence-corrected chi connectivity index (χ3v) is 5.08. The van der Waals surface area contributed by atoms with Crippen LogP contribution in [0.3, 0.4) is 0 Å². The van der Waals surface area contributed by atoms with Crippen LogP contribution >= 0.6 is 0 Å². The average molecular weight is 431 g/mol. The molecule has 7 nitrogen and oxygen atoms in total. The van der Waals surface area contributed by atoms with Gasteiger partial charge in [-0.15, -0.1) is 12.3 Å². The fraction of sp³-hybridized carbons (Fsp3) is 0.280. The Labute approximate surface area is 187 Å². The zero-order valence-electron chi connectivity index (χ0n) is 18.2.